The van der Waals surface area contributed by atoms with E-state index in [1.807, 2.05) is 62.6 Å². The Morgan fingerprint density at radius 1 is 0.944 bits per heavy atom. The summed E-state index contributed by atoms with van der Waals surface area (Å²) in [7, 11) is 4.07. The highest BCUT2D eigenvalue weighted by Gasteiger charge is 2.13. The predicted molar refractivity (Wildman–Crippen MR) is 74.3 cm³/mol. The molecule has 0 radical (unpaired) electrons. The van der Waals surface area contributed by atoms with Crippen molar-refractivity contribution in [2.45, 2.75) is 12.6 Å². The highest BCUT2D eigenvalue weighted by Crippen LogP contribution is 2.25. The summed E-state index contributed by atoms with van der Waals surface area (Å²) < 4.78 is 0. The molecule has 1 atom stereocenters. The lowest BCUT2D eigenvalue weighted by atomic mass is 9.96. The Balaban J connectivity index is 2.33. The largest absolute Gasteiger partial charge is 0.384 e. The molecule has 18 heavy (non-hydrogen) atoms. The average Bonchev–Trinajstić information content (AvgIpc) is 2.39. The van der Waals surface area contributed by atoms with Gasteiger partial charge in [-0.15, -0.1) is 0 Å². The molecule has 0 spiro atoms. The molecule has 2 nitrogen and oxygen atoms in total. The van der Waals surface area contributed by atoms with Crippen molar-refractivity contribution in [1.82, 2.24) is 4.90 Å². The van der Waals surface area contributed by atoms with Gasteiger partial charge < -0.3 is 10.0 Å². The van der Waals surface area contributed by atoms with Gasteiger partial charge in [-0.1, -0.05) is 54.6 Å². The van der Waals surface area contributed by atoms with Crippen molar-refractivity contribution >= 4 is 0 Å². The number of rotatable bonds is 4. The Labute approximate surface area is 109 Å². The summed E-state index contributed by atoms with van der Waals surface area (Å²) >= 11 is 0. The van der Waals surface area contributed by atoms with E-state index in [9.17, 15) is 5.11 Å². The molecule has 2 heteroatoms. The van der Waals surface area contributed by atoms with Crippen LogP contribution in [0.4, 0.5) is 0 Å². The molecule has 2 aromatic carbocycles. The number of hydrogen-bond donors (Lipinski definition) is 1. The lowest BCUT2D eigenvalue weighted by Gasteiger charge is -2.18. The van der Waals surface area contributed by atoms with E-state index in [1.54, 1.807) is 0 Å². The second-order valence-electron chi connectivity index (χ2n) is 4.75. The zero-order chi connectivity index (χ0) is 13.0. The van der Waals surface area contributed by atoms with Gasteiger partial charge in [-0.25, -0.2) is 0 Å². The minimum atomic E-state index is -0.553. The van der Waals surface area contributed by atoms with E-state index < -0.39 is 6.10 Å². The monoisotopic (exact) mass is 241 g/mol. The van der Waals surface area contributed by atoms with Crippen LogP contribution in [0, 0.1) is 0 Å². The Bertz CT molecular complexity index is 493. The fourth-order valence-corrected chi connectivity index (χ4v) is 2.10. The van der Waals surface area contributed by atoms with Crippen LogP contribution in [0.15, 0.2) is 54.6 Å². The molecule has 0 aliphatic carbocycles. The standard InChI is InChI=1S/C16H19NO/c1-17(2)12-14-10-6-7-11-15(14)16(18)13-8-4-3-5-9-13/h3-11,16,18H,12H2,1-2H3/t16-/m0/s1. The second kappa shape index (κ2) is 5.80. The fourth-order valence-electron chi connectivity index (χ4n) is 2.10. The summed E-state index contributed by atoms with van der Waals surface area (Å²) in [6, 6.07) is 17.8. The first-order chi connectivity index (χ1) is 8.68. The third kappa shape index (κ3) is 2.97. The molecular formula is C16H19NO. The third-order valence-electron chi connectivity index (χ3n) is 2.95. The van der Waals surface area contributed by atoms with Gasteiger partial charge in [0.1, 0.15) is 6.10 Å². The smallest absolute Gasteiger partial charge is 0.104 e. The molecule has 0 heterocycles. The van der Waals surface area contributed by atoms with Crippen molar-refractivity contribution in [1.29, 1.82) is 0 Å². The molecule has 0 aliphatic heterocycles. The van der Waals surface area contributed by atoms with Crippen LogP contribution in [-0.2, 0) is 6.54 Å². The van der Waals surface area contributed by atoms with Crippen LogP contribution in [0.1, 0.15) is 22.8 Å². The quantitative estimate of drug-likeness (QED) is 0.889. The first kappa shape index (κ1) is 12.8. The summed E-state index contributed by atoms with van der Waals surface area (Å²) in [6.07, 6.45) is -0.553. The molecule has 2 aromatic rings. The molecular weight excluding hydrogens is 222 g/mol. The van der Waals surface area contributed by atoms with E-state index >= 15 is 0 Å². The van der Waals surface area contributed by atoms with Gasteiger partial charge in [0.15, 0.2) is 0 Å². The lowest BCUT2D eigenvalue weighted by molar-refractivity contribution is 0.217. The molecule has 0 aliphatic rings. The molecule has 0 bridgehead atoms. The van der Waals surface area contributed by atoms with E-state index in [4.69, 9.17) is 0 Å². The maximum atomic E-state index is 10.5. The van der Waals surface area contributed by atoms with E-state index in [1.165, 1.54) is 5.56 Å². The maximum absolute atomic E-state index is 10.5. The lowest BCUT2D eigenvalue weighted by Crippen LogP contribution is -2.14. The summed E-state index contributed by atoms with van der Waals surface area (Å²) in [6.45, 7) is 0.833. The van der Waals surface area contributed by atoms with Crippen LogP contribution in [0.5, 0.6) is 0 Å². The number of aliphatic hydroxyl groups excluding tert-OH is 1. The van der Waals surface area contributed by atoms with Gasteiger partial charge in [0.05, 0.1) is 0 Å². The van der Waals surface area contributed by atoms with Gasteiger partial charge in [0.25, 0.3) is 0 Å². The van der Waals surface area contributed by atoms with Crippen LogP contribution in [-0.4, -0.2) is 24.1 Å². The van der Waals surface area contributed by atoms with E-state index in [-0.39, 0.29) is 0 Å². The van der Waals surface area contributed by atoms with Crippen LogP contribution in [0.25, 0.3) is 0 Å². The highest BCUT2D eigenvalue weighted by atomic mass is 16.3. The molecule has 0 amide bonds. The molecule has 0 saturated carbocycles. The highest BCUT2D eigenvalue weighted by molar-refractivity contribution is 5.35. The van der Waals surface area contributed by atoms with Gasteiger partial charge in [0.2, 0.25) is 0 Å². The van der Waals surface area contributed by atoms with Crippen LogP contribution in [0.3, 0.4) is 0 Å². The number of hydrogen-bond acceptors (Lipinski definition) is 2. The summed E-state index contributed by atoms with van der Waals surface area (Å²) in [5.41, 5.74) is 3.08. The maximum Gasteiger partial charge on any atom is 0.104 e. The second-order valence-corrected chi connectivity index (χ2v) is 4.75. The van der Waals surface area contributed by atoms with Crippen molar-refractivity contribution in [2.24, 2.45) is 0 Å². The topological polar surface area (TPSA) is 23.5 Å². The molecule has 0 aromatic heterocycles. The normalized spacial score (nSPS) is 12.7. The molecule has 0 unspecified atom stereocenters. The number of aliphatic hydroxyl groups is 1. The Morgan fingerprint density at radius 3 is 2.22 bits per heavy atom. The first-order valence-electron chi connectivity index (χ1n) is 6.14. The van der Waals surface area contributed by atoms with Crippen molar-refractivity contribution in [3.63, 3.8) is 0 Å². The molecule has 0 saturated heterocycles. The summed E-state index contributed by atoms with van der Waals surface area (Å²) in [5, 5.41) is 10.5. The van der Waals surface area contributed by atoms with Crippen molar-refractivity contribution in [3.8, 4) is 0 Å². The SMILES string of the molecule is CN(C)Cc1ccccc1[C@@H](O)c1ccccc1. The van der Waals surface area contributed by atoms with Gasteiger partial charge in [-0.2, -0.15) is 0 Å². The van der Waals surface area contributed by atoms with Gasteiger partial charge in [0, 0.05) is 6.54 Å². The zero-order valence-corrected chi connectivity index (χ0v) is 10.9. The van der Waals surface area contributed by atoms with E-state index in [2.05, 4.69) is 11.0 Å². The Morgan fingerprint density at radius 2 is 1.56 bits per heavy atom. The van der Waals surface area contributed by atoms with Crippen LogP contribution >= 0.6 is 0 Å². The number of nitrogens with zero attached hydrogens (tertiary/aromatic N) is 1. The van der Waals surface area contributed by atoms with Gasteiger partial charge in [-0.05, 0) is 30.8 Å². The molecule has 1 N–H and O–H groups in total. The molecule has 0 fully saturated rings. The van der Waals surface area contributed by atoms with E-state index in [0.717, 1.165) is 17.7 Å². The van der Waals surface area contributed by atoms with Gasteiger partial charge in [-0.3, -0.25) is 0 Å². The fraction of sp³-hybridized carbons (Fsp3) is 0.250. The average molecular weight is 241 g/mol. The molecule has 94 valence electrons. The van der Waals surface area contributed by atoms with Gasteiger partial charge >= 0.3 is 0 Å². The predicted octanol–water partition coefficient (Wildman–Crippen LogP) is 2.83. The Hall–Kier alpha value is -1.64. The molecule has 2 rings (SSSR count). The number of benzene rings is 2. The van der Waals surface area contributed by atoms with Crippen molar-refractivity contribution in [2.75, 3.05) is 14.1 Å². The summed E-state index contributed by atoms with van der Waals surface area (Å²) in [5.74, 6) is 0. The third-order valence-corrected chi connectivity index (χ3v) is 2.95. The Kier molecular flexibility index (Phi) is 4.13. The first-order valence-corrected chi connectivity index (χ1v) is 6.14. The minimum Gasteiger partial charge on any atom is -0.384 e. The van der Waals surface area contributed by atoms with Crippen molar-refractivity contribution < 1.29 is 5.11 Å². The zero-order valence-electron chi connectivity index (χ0n) is 10.9. The van der Waals surface area contributed by atoms with E-state index in [0.29, 0.717) is 0 Å². The minimum absolute atomic E-state index is 0.553. The van der Waals surface area contributed by atoms with Crippen molar-refractivity contribution in [3.05, 3.63) is 71.3 Å². The summed E-state index contributed by atoms with van der Waals surface area (Å²) in [4.78, 5) is 2.11. The van der Waals surface area contributed by atoms with Crippen LogP contribution < -0.4 is 0 Å². The van der Waals surface area contributed by atoms with Crippen LogP contribution in [0.2, 0.25) is 0 Å².